The number of rotatable bonds is 14. The summed E-state index contributed by atoms with van der Waals surface area (Å²) < 4.78 is 12.8. The van der Waals surface area contributed by atoms with Crippen LogP contribution in [0.5, 0.6) is 0 Å². The van der Waals surface area contributed by atoms with E-state index in [0.717, 1.165) is 101 Å². The van der Waals surface area contributed by atoms with E-state index in [-0.39, 0.29) is 5.41 Å². The van der Waals surface area contributed by atoms with Gasteiger partial charge in [0.1, 0.15) is 22.3 Å². The molecule has 5 nitrogen and oxygen atoms in total. The first kappa shape index (κ1) is 88.3. The van der Waals surface area contributed by atoms with Crippen LogP contribution >= 0.6 is 0 Å². The summed E-state index contributed by atoms with van der Waals surface area (Å²) in [5.41, 5.74) is 30.7. The van der Waals surface area contributed by atoms with Crippen LogP contribution in [-0.4, -0.2) is 0 Å². The number of fused-ring (bicyclic) bond motifs is 25. The van der Waals surface area contributed by atoms with Gasteiger partial charge in [0.2, 0.25) is 0 Å². The van der Waals surface area contributed by atoms with E-state index in [0.29, 0.717) is 0 Å². The van der Waals surface area contributed by atoms with Crippen LogP contribution in [0.4, 0.5) is 51.2 Å². The van der Waals surface area contributed by atoms with Crippen molar-refractivity contribution in [2.75, 3.05) is 14.7 Å². The molecule has 2 heterocycles. The molecule has 0 N–H and O–H groups in total. The van der Waals surface area contributed by atoms with Crippen molar-refractivity contribution < 1.29 is 8.83 Å². The molecule has 704 valence electrons. The van der Waals surface area contributed by atoms with Gasteiger partial charge in [-0.15, -0.1) is 0 Å². The summed E-state index contributed by atoms with van der Waals surface area (Å²) >= 11 is 0. The van der Waals surface area contributed by atoms with Crippen molar-refractivity contribution >= 4 is 203 Å². The summed E-state index contributed by atoms with van der Waals surface area (Å²) in [5.74, 6) is 0. The lowest BCUT2D eigenvalue weighted by atomic mass is 9.82. The Morgan fingerprint density at radius 3 is 0.987 bits per heavy atom. The first-order chi connectivity index (χ1) is 74.1. The van der Waals surface area contributed by atoms with E-state index in [1.165, 1.54) is 180 Å². The van der Waals surface area contributed by atoms with Crippen LogP contribution in [0.2, 0.25) is 0 Å². The van der Waals surface area contributed by atoms with Gasteiger partial charge in [0.25, 0.3) is 0 Å². The molecule has 0 aliphatic heterocycles. The minimum absolute atomic E-state index is 0.0619. The van der Waals surface area contributed by atoms with Crippen molar-refractivity contribution in [3.8, 4) is 66.8 Å². The van der Waals surface area contributed by atoms with Crippen molar-refractivity contribution in [2.45, 2.75) is 19.3 Å². The fourth-order valence-electron chi connectivity index (χ4n) is 23.7. The van der Waals surface area contributed by atoms with E-state index >= 15 is 0 Å². The summed E-state index contributed by atoms with van der Waals surface area (Å²) in [5, 5.41) is 29.5. The molecule has 0 spiro atoms. The Hall–Kier alpha value is -19.5. The van der Waals surface area contributed by atoms with Crippen LogP contribution < -0.4 is 14.7 Å². The molecule has 0 unspecified atom stereocenters. The highest BCUT2D eigenvalue weighted by atomic mass is 16.3. The molecule has 0 saturated heterocycles. The molecule has 1 aliphatic carbocycles. The van der Waals surface area contributed by atoms with Crippen LogP contribution in [-0.2, 0) is 5.41 Å². The van der Waals surface area contributed by atoms with Crippen molar-refractivity contribution in [3.63, 3.8) is 0 Å². The average Bonchev–Trinajstić information content (AvgIpc) is 1.69. The van der Waals surface area contributed by atoms with Gasteiger partial charge in [0.15, 0.2) is 0 Å². The monoisotopic (exact) mass is 1910 g/mol. The van der Waals surface area contributed by atoms with E-state index in [1.54, 1.807) is 0 Å². The predicted molar refractivity (Wildman–Crippen MR) is 638 cm³/mol. The zero-order valence-corrected chi connectivity index (χ0v) is 82.7. The number of nitrogens with zero attached hydrogens (tertiary/aromatic N) is 3. The predicted octanol–water partition coefficient (Wildman–Crippen LogP) is 41.4. The smallest absolute Gasteiger partial charge is 0.137 e. The Balaban J connectivity index is 0.000000108. The number of hydrogen-bond acceptors (Lipinski definition) is 5. The van der Waals surface area contributed by atoms with Gasteiger partial charge in [-0.05, 0) is 314 Å². The van der Waals surface area contributed by atoms with E-state index in [1.807, 2.05) is 12.1 Å². The van der Waals surface area contributed by atoms with Gasteiger partial charge in [0.05, 0.1) is 5.69 Å². The van der Waals surface area contributed by atoms with E-state index in [2.05, 4.69) is 568 Å². The third-order valence-electron chi connectivity index (χ3n) is 31.0. The molecule has 1 aliphatic rings. The third-order valence-corrected chi connectivity index (χ3v) is 31.0. The summed E-state index contributed by atoms with van der Waals surface area (Å²) in [6.45, 7) is 4.70. The molecule has 0 bridgehead atoms. The number of hydrogen-bond donors (Lipinski definition) is 0. The molecule has 5 heteroatoms. The average molecular weight is 1910 g/mol. The molecule has 0 amide bonds. The first-order valence-corrected chi connectivity index (χ1v) is 51.7. The molecule has 150 heavy (non-hydrogen) atoms. The van der Waals surface area contributed by atoms with Crippen LogP contribution in [0.25, 0.3) is 218 Å². The van der Waals surface area contributed by atoms with Crippen molar-refractivity contribution in [3.05, 3.63) is 563 Å². The lowest BCUT2D eigenvalue weighted by Gasteiger charge is -2.28. The molecule has 27 aromatic carbocycles. The quantitative estimate of drug-likeness (QED) is 0.101. The number of para-hydroxylation sites is 2. The van der Waals surface area contributed by atoms with Crippen LogP contribution in [0.1, 0.15) is 25.0 Å². The SMILES string of the molecule is CC1(C)c2ccccc2-c2cc(N(c3cc(-c4ccccc4)cc(-c4ccccc4)c3)c3ccc4ccc5c6ccccc6ccc5c4c3)ccc21.c1ccc(-c2ccccc2-c2ccc(N(c3ccc4ccc5c6ccccc6ccc5c4c3)c3ccc4oc5ccccc5c4c3)cc2)cc1.c1ccc(-c2ccccc2N(c2ccc3c(c2)oc2cc4ccccc4cc23)c2ccc3ccc4c5ccccc5ccc4c3c2)cc1. The van der Waals surface area contributed by atoms with Gasteiger partial charge in [-0.25, -0.2) is 0 Å². The Labute approximate surface area is 869 Å². The van der Waals surface area contributed by atoms with Crippen molar-refractivity contribution in [1.82, 2.24) is 0 Å². The maximum atomic E-state index is 6.58. The van der Waals surface area contributed by atoms with Crippen molar-refractivity contribution in [1.29, 1.82) is 0 Å². The lowest BCUT2D eigenvalue weighted by molar-refractivity contribution is 0.660. The van der Waals surface area contributed by atoms with Gasteiger partial charge in [-0.2, -0.15) is 0 Å². The largest absolute Gasteiger partial charge is 0.456 e. The Kier molecular flexibility index (Phi) is 21.6. The van der Waals surface area contributed by atoms with E-state index in [9.17, 15) is 0 Å². The molecule has 0 saturated carbocycles. The summed E-state index contributed by atoms with van der Waals surface area (Å²) in [4.78, 5) is 7.21. The van der Waals surface area contributed by atoms with Gasteiger partial charge >= 0.3 is 0 Å². The Morgan fingerprint density at radius 1 is 0.140 bits per heavy atom. The van der Waals surface area contributed by atoms with Gasteiger partial charge in [-0.3, -0.25) is 0 Å². The van der Waals surface area contributed by atoms with E-state index < -0.39 is 0 Å². The molecule has 2 aromatic heterocycles. The fourth-order valence-corrected chi connectivity index (χ4v) is 23.7. The van der Waals surface area contributed by atoms with E-state index in [4.69, 9.17) is 8.83 Å². The second-order valence-electron chi connectivity index (χ2n) is 40.1. The standard InChI is InChI=1S/C51H37N.C48H31NO.C46H29NO/c1-51(2)49-20-12-11-19-46(49)48-33-41(25-28-50(48)51)52(42-30-38(34-13-5-3-6-14-34)29-39(31-42)35-15-7-4-8-16-35)40-24-21-37-23-26-44-43-18-10-9-17-36(43)22-27-45(44)47(37)32-40;1-2-10-32(11-3-1)39-13-6-7-14-40(39)34-18-23-36(24-19-34)49(38-26-29-48-46(31-38)44-16-8-9-17-47(44)50-48)37-25-20-35-22-27-42-41-15-5-4-12-33(41)21-28-43(42)45(35)30-37;1-2-10-30(11-3-1)38-16-8-9-17-44(38)47(36-22-25-41-43-26-33-13-4-5-14-34(33)27-45(43)48-46(41)29-36)35-21-18-32-20-23-39-37-15-7-6-12-31(37)19-24-40(39)42(32)28-35/h3-33H,1-2H3;1-31H;1-29H. The Bertz CT molecular complexity index is 10300. The molecular formula is C145H97N3O2. The minimum Gasteiger partial charge on any atom is -0.456 e. The van der Waals surface area contributed by atoms with Gasteiger partial charge in [-0.1, -0.05) is 426 Å². The fraction of sp³-hybridized carbons (Fsp3) is 0.0207. The molecule has 0 radical (unpaired) electrons. The normalized spacial score (nSPS) is 12.1. The summed E-state index contributed by atoms with van der Waals surface area (Å²) in [6, 6.07) is 200. The molecule has 29 aromatic rings. The third kappa shape index (κ3) is 15.6. The van der Waals surface area contributed by atoms with Crippen LogP contribution in [0, 0.1) is 0 Å². The second kappa shape index (κ2) is 36.7. The molecule has 0 fully saturated rings. The highest BCUT2D eigenvalue weighted by molar-refractivity contribution is 6.22. The molecule has 30 rings (SSSR count). The Morgan fingerprint density at radius 2 is 0.453 bits per heavy atom. The number of furan rings is 2. The summed E-state index contributed by atoms with van der Waals surface area (Å²) in [7, 11) is 0. The van der Waals surface area contributed by atoms with Gasteiger partial charge in [0, 0.05) is 84.1 Å². The second-order valence-corrected chi connectivity index (χ2v) is 40.1. The first-order valence-electron chi connectivity index (χ1n) is 51.7. The summed E-state index contributed by atoms with van der Waals surface area (Å²) in [6.07, 6.45) is 0. The zero-order valence-electron chi connectivity index (χ0n) is 82.7. The topological polar surface area (TPSA) is 36.0 Å². The van der Waals surface area contributed by atoms with Crippen LogP contribution in [0.3, 0.4) is 0 Å². The lowest BCUT2D eigenvalue weighted by Crippen LogP contribution is -2.15. The van der Waals surface area contributed by atoms with Gasteiger partial charge < -0.3 is 23.5 Å². The highest BCUT2D eigenvalue weighted by Gasteiger charge is 2.36. The van der Waals surface area contributed by atoms with Crippen molar-refractivity contribution in [2.24, 2.45) is 0 Å². The molecule has 0 atom stereocenters. The highest BCUT2D eigenvalue weighted by Crippen LogP contribution is 2.54. The maximum Gasteiger partial charge on any atom is 0.137 e. The van der Waals surface area contributed by atoms with Crippen LogP contribution in [0.15, 0.2) is 561 Å². The minimum atomic E-state index is -0.0619. The number of anilines is 9. The maximum absolute atomic E-state index is 6.58. The number of benzene rings is 27. The molecular weight excluding hydrogens is 1820 g/mol. The zero-order chi connectivity index (χ0) is 99.4.